The molecule has 1 amide bonds. The second-order valence-electron chi connectivity index (χ2n) is 7.80. The topological polar surface area (TPSA) is 101 Å². The summed E-state index contributed by atoms with van der Waals surface area (Å²) < 4.78 is 6.22. The van der Waals surface area contributed by atoms with Crippen LogP contribution in [0.15, 0.2) is 47.2 Å². The van der Waals surface area contributed by atoms with Crippen molar-refractivity contribution in [3.63, 3.8) is 0 Å². The Morgan fingerprint density at radius 2 is 2.06 bits per heavy atom. The molecule has 1 aromatic carbocycles. The number of hydrogen-bond acceptors (Lipinski definition) is 8. The maximum atomic E-state index is 13.1. The monoisotopic (exact) mass is 468 g/mol. The highest BCUT2D eigenvalue weighted by molar-refractivity contribution is 7.19. The molecule has 1 saturated heterocycles. The van der Waals surface area contributed by atoms with E-state index in [0.29, 0.717) is 29.8 Å². The average molecular weight is 469 g/mol. The molecule has 10 heteroatoms. The quantitative estimate of drug-likeness (QED) is 0.475. The number of benzene rings is 1. The van der Waals surface area contributed by atoms with Crippen LogP contribution in [0.3, 0.4) is 0 Å². The van der Waals surface area contributed by atoms with Crippen molar-refractivity contribution >= 4 is 45.6 Å². The minimum absolute atomic E-state index is 0.0864. The number of fused-ring (bicyclic) bond motifs is 1. The summed E-state index contributed by atoms with van der Waals surface area (Å²) in [6.45, 7) is 4.37. The van der Waals surface area contributed by atoms with Gasteiger partial charge in [0, 0.05) is 31.1 Å². The van der Waals surface area contributed by atoms with Crippen molar-refractivity contribution in [1.29, 1.82) is 0 Å². The van der Waals surface area contributed by atoms with E-state index in [2.05, 4.69) is 20.0 Å². The molecule has 3 aromatic heterocycles. The largest absolute Gasteiger partial charge is 0.383 e. The zero-order valence-corrected chi connectivity index (χ0v) is 18.9. The Morgan fingerprint density at radius 3 is 2.88 bits per heavy atom. The molecule has 1 aliphatic rings. The predicted molar refractivity (Wildman–Crippen MR) is 124 cm³/mol. The Labute approximate surface area is 193 Å². The zero-order valence-electron chi connectivity index (χ0n) is 17.4. The SMILES string of the molecule is CC1C(=O)N(Cc2ccc3c(N)ncnc3c2)CCN1Cc1cc(-c2ccc(Cl)s2)no1. The molecule has 0 aliphatic carbocycles. The number of nitrogens with zero attached hydrogens (tertiary/aromatic N) is 5. The van der Waals surface area contributed by atoms with Crippen molar-refractivity contribution in [2.24, 2.45) is 0 Å². The fourth-order valence-electron chi connectivity index (χ4n) is 3.94. The molecular formula is C22H21ClN6O2S. The Hall–Kier alpha value is -3.01. The molecule has 32 heavy (non-hydrogen) atoms. The Morgan fingerprint density at radius 1 is 1.19 bits per heavy atom. The van der Waals surface area contributed by atoms with Gasteiger partial charge in [-0.2, -0.15) is 0 Å². The van der Waals surface area contributed by atoms with Crippen LogP contribution in [0, 0.1) is 0 Å². The van der Waals surface area contributed by atoms with Crippen LogP contribution in [-0.4, -0.2) is 50.0 Å². The smallest absolute Gasteiger partial charge is 0.239 e. The molecule has 164 valence electrons. The summed E-state index contributed by atoms with van der Waals surface area (Å²) in [7, 11) is 0. The number of aromatic nitrogens is 3. The molecule has 4 aromatic rings. The van der Waals surface area contributed by atoms with Crippen molar-refractivity contribution in [2.45, 2.75) is 26.1 Å². The van der Waals surface area contributed by atoms with Gasteiger partial charge in [0.25, 0.3) is 0 Å². The van der Waals surface area contributed by atoms with E-state index < -0.39 is 0 Å². The molecule has 8 nitrogen and oxygen atoms in total. The highest BCUT2D eigenvalue weighted by atomic mass is 35.5. The van der Waals surface area contributed by atoms with Crippen molar-refractivity contribution in [3.8, 4) is 10.6 Å². The van der Waals surface area contributed by atoms with Crippen LogP contribution >= 0.6 is 22.9 Å². The standard InChI is InChI=1S/C22H21ClN6O2S/c1-13-22(30)29(10-14-2-3-16-17(8-14)25-12-26-21(16)24)7-6-28(13)11-15-9-18(27-31-15)19-4-5-20(23)32-19/h2-5,8-9,12-13H,6-7,10-11H2,1H3,(H2,24,25,26). The molecule has 5 rings (SSSR count). The van der Waals surface area contributed by atoms with Crippen molar-refractivity contribution < 1.29 is 9.32 Å². The summed E-state index contributed by atoms with van der Waals surface area (Å²) >= 11 is 7.47. The van der Waals surface area contributed by atoms with Gasteiger partial charge < -0.3 is 15.2 Å². The van der Waals surface area contributed by atoms with Gasteiger partial charge in [0.1, 0.15) is 17.8 Å². The van der Waals surface area contributed by atoms with Gasteiger partial charge in [0.15, 0.2) is 5.76 Å². The summed E-state index contributed by atoms with van der Waals surface area (Å²) in [5.74, 6) is 1.27. The second kappa shape index (κ2) is 8.50. The van der Waals surface area contributed by atoms with Crippen LogP contribution in [0.25, 0.3) is 21.5 Å². The lowest BCUT2D eigenvalue weighted by Gasteiger charge is -2.38. The number of hydrogen-bond donors (Lipinski definition) is 1. The van der Waals surface area contributed by atoms with Gasteiger partial charge in [0.2, 0.25) is 5.91 Å². The number of piperazine rings is 1. The first kappa shape index (κ1) is 20.9. The molecule has 0 saturated carbocycles. The number of halogens is 1. The number of thiophene rings is 1. The number of nitrogen functional groups attached to an aromatic ring is 1. The summed E-state index contributed by atoms with van der Waals surface area (Å²) in [6.07, 6.45) is 1.45. The molecular weight excluding hydrogens is 448 g/mol. The molecule has 1 atom stereocenters. The van der Waals surface area contributed by atoms with Crippen LogP contribution in [0.5, 0.6) is 0 Å². The van der Waals surface area contributed by atoms with Crippen molar-refractivity contribution in [1.82, 2.24) is 24.9 Å². The van der Waals surface area contributed by atoms with E-state index in [-0.39, 0.29) is 11.9 Å². The lowest BCUT2D eigenvalue weighted by Crippen LogP contribution is -2.54. The second-order valence-corrected chi connectivity index (χ2v) is 9.51. The van der Waals surface area contributed by atoms with E-state index in [1.54, 1.807) is 0 Å². The summed E-state index contributed by atoms with van der Waals surface area (Å²) in [5.41, 5.74) is 8.46. The lowest BCUT2D eigenvalue weighted by molar-refractivity contribution is -0.142. The fourth-order valence-corrected chi connectivity index (χ4v) is 4.94. The maximum Gasteiger partial charge on any atom is 0.239 e. The summed E-state index contributed by atoms with van der Waals surface area (Å²) in [6, 6.07) is 11.3. The van der Waals surface area contributed by atoms with Crippen LogP contribution in [-0.2, 0) is 17.9 Å². The molecule has 4 heterocycles. The Kier molecular flexibility index (Phi) is 5.54. The molecule has 0 bridgehead atoms. The molecule has 2 N–H and O–H groups in total. The predicted octanol–water partition coefficient (Wildman–Crippen LogP) is 3.81. The van der Waals surface area contributed by atoms with Crippen LogP contribution in [0.2, 0.25) is 4.34 Å². The normalized spacial score (nSPS) is 17.4. The number of nitrogens with two attached hydrogens (primary N) is 1. The number of carbonyl (C=O) groups is 1. The third-order valence-electron chi connectivity index (χ3n) is 5.72. The third-order valence-corrected chi connectivity index (χ3v) is 6.98. The van der Waals surface area contributed by atoms with E-state index in [1.807, 2.05) is 48.2 Å². The molecule has 1 fully saturated rings. The number of amides is 1. The first-order valence-electron chi connectivity index (χ1n) is 10.2. The van der Waals surface area contributed by atoms with Crippen LogP contribution < -0.4 is 5.73 Å². The van der Waals surface area contributed by atoms with E-state index in [0.717, 1.165) is 39.3 Å². The highest BCUT2D eigenvalue weighted by Gasteiger charge is 2.32. The Bertz CT molecular complexity index is 1290. The number of anilines is 1. The van der Waals surface area contributed by atoms with Gasteiger partial charge in [-0.05, 0) is 36.8 Å². The molecule has 1 aliphatic heterocycles. The van der Waals surface area contributed by atoms with Crippen LogP contribution in [0.4, 0.5) is 5.82 Å². The van der Waals surface area contributed by atoms with Crippen molar-refractivity contribution in [3.05, 3.63) is 58.4 Å². The third kappa shape index (κ3) is 4.06. The average Bonchev–Trinajstić information content (AvgIpc) is 3.42. The minimum Gasteiger partial charge on any atom is -0.383 e. The lowest BCUT2D eigenvalue weighted by atomic mass is 10.1. The number of rotatable bonds is 5. The maximum absolute atomic E-state index is 13.1. The first-order valence-corrected chi connectivity index (χ1v) is 11.4. The van der Waals surface area contributed by atoms with Gasteiger partial charge in [-0.1, -0.05) is 22.8 Å². The molecule has 0 radical (unpaired) electrons. The van der Waals surface area contributed by atoms with E-state index in [1.165, 1.54) is 17.7 Å². The van der Waals surface area contributed by atoms with Crippen LogP contribution in [0.1, 0.15) is 18.2 Å². The first-order chi connectivity index (χ1) is 15.5. The highest BCUT2D eigenvalue weighted by Crippen LogP contribution is 2.31. The van der Waals surface area contributed by atoms with Gasteiger partial charge in [0.05, 0.1) is 27.3 Å². The summed E-state index contributed by atoms with van der Waals surface area (Å²) in [5, 5.41) is 4.96. The summed E-state index contributed by atoms with van der Waals surface area (Å²) in [4.78, 5) is 26.3. The van der Waals surface area contributed by atoms with E-state index in [4.69, 9.17) is 21.9 Å². The van der Waals surface area contributed by atoms with Gasteiger partial charge in [-0.3, -0.25) is 9.69 Å². The minimum atomic E-state index is -0.257. The van der Waals surface area contributed by atoms with E-state index >= 15 is 0 Å². The van der Waals surface area contributed by atoms with Gasteiger partial charge in [-0.15, -0.1) is 11.3 Å². The van der Waals surface area contributed by atoms with Gasteiger partial charge in [-0.25, -0.2) is 9.97 Å². The number of carbonyl (C=O) groups excluding carboxylic acids is 1. The zero-order chi connectivity index (χ0) is 22.2. The molecule has 1 unspecified atom stereocenters. The van der Waals surface area contributed by atoms with E-state index in [9.17, 15) is 4.79 Å². The fraction of sp³-hybridized carbons (Fsp3) is 0.273. The Balaban J connectivity index is 1.25. The molecule has 0 spiro atoms. The van der Waals surface area contributed by atoms with Gasteiger partial charge >= 0.3 is 0 Å². The van der Waals surface area contributed by atoms with Crippen molar-refractivity contribution in [2.75, 3.05) is 18.8 Å².